The lowest BCUT2D eigenvalue weighted by Gasteiger charge is -2.29. The van der Waals surface area contributed by atoms with Crippen molar-refractivity contribution in [1.82, 2.24) is 53.2 Å². The second-order valence-corrected chi connectivity index (χ2v) is 34.3. The van der Waals surface area contributed by atoms with Gasteiger partial charge in [0.1, 0.15) is 79.8 Å². The van der Waals surface area contributed by atoms with Gasteiger partial charge < -0.3 is 150 Å². The van der Waals surface area contributed by atoms with Crippen LogP contribution in [0.25, 0.3) is 0 Å². The predicted molar refractivity (Wildman–Crippen MR) is 476 cm³/mol. The number of unbranched alkanes of at least 4 members (excludes halogenated alkanes) is 2. The van der Waals surface area contributed by atoms with Crippen molar-refractivity contribution in [3.63, 3.8) is 0 Å². The van der Waals surface area contributed by atoms with E-state index >= 15 is 24.0 Å². The molecule has 16 N–H and O–H groups in total. The minimum Gasteiger partial charge on any atom is -0.487 e. The summed E-state index contributed by atoms with van der Waals surface area (Å²) in [4.78, 5) is 145. The third-order valence-electron chi connectivity index (χ3n) is 20.4. The number of benzene rings is 2. The first-order valence-electron chi connectivity index (χ1n) is 45.6. The summed E-state index contributed by atoms with van der Waals surface area (Å²) >= 11 is 0. The molecule has 0 aromatic heterocycles. The largest absolute Gasteiger partial charge is 0.487 e. The Morgan fingerprint density at radius 2 is 0.515 bits per heavy atom. The lowest BCUT2D eigenvalue weighted by molar-refractivity contribution is -0.136. The molecule has 130 heavy (non-hydrogen) atoms. The Morgan fingerprint density at radius 1 is 0.277 bits per heavy atom. The van der Waals surface area contributed by atoms with Gasteiger partial charge in [0.05, 0.1) is 172 Å². The summed E-state index contributed by atoms with van der Waals surface area (Å²) in [6.45, 7) is 20.1. The summed E-state index contributed by atoms with van der Waals surface area (Å²) in [6.07, 6.45) is 0.00469. The first-order valence-corrected chi connectivity index (χ1v) is 45.6. The summed E-state index contributed by atoms with van der Waals surface area (Å²) in [5, 5.41) is 86.2. The van der Waals surface area contributed by atoms with Crippen molar-refractivity contribution in [1.29, 1.82) is 0 Å². The molecule has 0 saturated heterocycles. The summed E-state index contributed by atoms with van der Waals surface area (Å²) in [7, 11) is 0. The topological polar surface area (TPSA) is 542 Å². The lowest BCUT2D eigenvalue weighted by atomic mass is 9.97. The highest BCUT2D eigenvalue weighted by atomic mass is 16.6. The van der Waals surface area contributed by atoms with Crippen molar-refractivity contribution in [2.24, 2.45) is 29.6 Å². The van der Waals surface area contributed by atoms with Crippen LogP contribution in [0.2, 0.25) is 0 Å². The molecule has 4 rings (SSSR count). The summed E-state index contributed by atoms with van der Waals surface area (Å²) in [6, 6.07) is 0.309. The molecule has 742 valence electrons. The zero-order valence-electron chi connectivity index (χ0n) is 78.0. The van der Waals surface area contributed by atoms with Crippen molar-refractivity contribution in [2.45, 2.75) is 206 Å². The van der Waals surface area contributed by atoms with Crippen LogP contribution in [0.15, 0.2) is 36.4 Å². The van der Waals surface area contributed by atoms with E-state index in [4.69, 9.17) is 66.3 Å². The zero-order chi connectivity index (χ0) is 95.5. The minimum absolute atomic E-state index is 0.00382. The third kappa shape index (κ3) is 47.9. The van der Waals surface area contributed by atoms with Crippen LogP contribution in [0, 0.1) is 29.6 Å². The third-order valence-corrected chi connectivity index (χ3v) is 20.4. The van der Waals surface area contributed by atoms with Crippen molar-refractivity contribution >= 4 is 59.1 Å². The van der Waals surface area contributed by atoms with Gasteiger partial charge in [-0.25, -0.2) is 0 Å². The maximum atomic E-state index is 15.4. The second-order valence-electron chi connectivity index (χ2n) is 34.3. The van der Waals surface area contributed by atoms with E-state index < -0.39 is 165 Å². The minimum atomic E-state index is -1.77. The molecule has 10 amide bonds. The van der Waals surface area contributed by atoms with Gasteiger partial charge in [0.25, 0.3) is 0 Å². The molecule has 0 aliphatic carbocycles. The fraction of sp³-hybridized carbons (Fsp3) is 0.756. The van der Waals surface area contributed by atoms with Crippen molar-refractivity contribution in [3.05, 3.63) is 47.5 Å². The van der Waals surface area contributed by atoms with E-state index in [1.807, 2.05) is 55.4 Å². The number of carbonyl (C=O) groups is 10. The molecule has 0 fully saturated rings. The number of amides is 10. The van der Waals surface area contributed by atoms with Crippen LogP contribution >= 0.6 is 0 Å². The van der Waals surface area contributed by atoms with Gasteiger partial charge in [-0.05, 0) is 110 Å². The molecule has 40 nitrogen and oxygen atoms in total. The van der Waals surface area contributed by atoms with Gasteiger partial charge in [-0.2, -0.15) is 0 Å². The molecule has 2 aliphatic rings. The predicted octanol–water partition coefficient (Wildman–Crippen LogP) is -0.0751. The SMILES string of the molecule is CC(C)C[C@H](NC(=O)CCC(=O)NC(CO)(CO)CO)C(=O)N[C@@H](Cc1ccc2c(c1)OCCOCCOCCOCCOCCOCCO2)C(=O)N[C@@H](CC(C)C)C(=O)N[C@@H](CC(C)C)C(=O)N[C@@H](CC(C)C)C(=O)N[C@@H](Cc1ccc2c(c1)OCCOCCOCCOCCOCCOCCO2)C(=O)N[C@@H](CC(C)C)C(=O)NCCCCCC(=O)NC(CO)(CO)CO. The molecule has 0 bridgehead atoms. The number of fused-ring (bicyclic) bond motifs is 2. The van der Waals surface area contributed by atoms with E-state index in [2.05, 4.69) is 53.2 Å². The fourth-order valence-corrected chi connectivity index (χ4v) is 13.3. The van der Waals surface area contributed by atoms with Gasteiger partial charge in [-0.3, -0.25) is 47.9 Å². The monoisotopic (exact) mass is 1850 g/mol. The average molecular weight is 1850 g/mol. The molecule has 2 aromatic rings. The molecular formula is C90H152N10O30. The second kappa shape index (κ2) is 66.1. The number of hydrogen-bond donors (Lipinski definition) is 16. The summed E-state index contributed by atoms with van der Waals surface area (Å²) in [5.74, 6) is -7.58. The number of aliphatic hydroxyl groups excluding tert-OH is 6. The van der Waals surface area contributed by atoms with Crippen LogP contribution in [-0.4, -0.2) is 348 Å². The van der Waals surface area contributed by atoms with E-state index in [0.29, 0.717) is 115 Å². The fourth-order valence-electron chi connectivity index (χ4n) is 13.3. The van der Waals surface area contributed by atoms with Gasteiger partial charge >= 0.3 is 0 Å². The Hall–Kier alpha value is -8.30. The Bertz CT molecular complexity index is 3560. The first-order chi connectivity index (χ1) is 62.4. The molecule has 0 saturated carbocycles. The Labute approximate surface area is 764 Å². The maximum absolute atomic E-state index is 15.4. The molecule has 2 heterocycles. The Balaban J connectivity index is 1.75. The van der Waals surface area contributed by atoms with Crippen LogP contribution in [0.3, 0.4) is 0 Å². The van der Waals surface area contributed by atoms with Gasteiger partial charge in [0, 0.05) is 38.6 Å². The molecular weight excluding hydrogens is 1700 g/mol. The molecule has 0 spiro atoms. The van der Waals surface area contributed by atoms with Gasteiger partial charge in [-0.1, -0.05) is 87.8 Å². The van der Waals surface area contributed by atoms with Crippen LogP contribution in [0.4, 0.5) is 0 Å². The summed E-state index contributed by atoms with van der Waals surface area (Å²) < 4.78 is 81.6. The highest BCUT2D eigenvalue weighted by molar-refractivity contribution is 5.98. The standard InChI is InChI=1S/C90H152N10O30/c1-61(2)46-68(82(110)91-21-13-11-12-14-80(108)99-89(55-101,56-102)57-103)93-87(115)73(51-66-15-17-75-77(53-66)129-44-40-125-36-32-121-28-24-117-22-26-119-30-34-123-38-42-127-75)98-86(114)72(50-65(9)10)95-84(112)70(48-63(5)6)94-85(113)71(49-64(7)8)96-88(116)74(97-83(111)69(47-62(3)4)92-79(107)19-20-81(109)100-90(58-104,59-105)60-106)52-67-16-18-76-78(54-67)130-45-41-126-37-33-122-29-25-118-23-27-120-31-35-124-39-43-128-76/h15-18,53-54,61-65,68-74,101-106H,11-14,19-52,55-60H2,1-10H3,(H,91,110)(H,92,107)(H,93,115)(H,94,113)(H,95,112)(H,96,116)(H,97,111)(H,98,114)(H,99,108)(H,100,109)/t68-,69-,70-,71-,72-,73-,74-/m0/s1. The number of rotatable bonds is 45. The van der Waals surface area contributed by atoms with Gasteiger partial charge in [0.15, 0.2) is 23.0 Å². The number of hydrogen-bond acceptors (Lipinski definition) is 30. The number of ether oxygens (including phenoxy) is 14. The van der Waals surface area contributed by atoms with E-state index in [1.54, 1.807) is 50.2 Å². The normalized spacial score (nSPS) is 17.0. The van der Waals surface area contributed by atoms with E-state index in [1.165, 1.54) is 0 Å². The van der Waals surface area contributed by atoms with Gasteiger partial charge in [-0.15, -0.1) is 0 Å². The van der Waals surface area contributed by atoms with Crippen LogP contribution in [0.1, 0.15) is 151 Å². The van der Waals surface area contributed by atoms with Crippen LogP contribution < -0.4 is 72.1 Å². The highest BCUT2D eigenvalue weighted by Gasteiger charge is 2.38. The van der Waals surface area contributed by atoms with Crippen molar-refractivity contribution < 1.29 is 145 Å². The maximum Gasteiger partial charge on any atom is 0.243 e. The van der Waals surface area contributed by atoms with E-state index in [0.717, 1.165) is 0 Å². The summed E-state index contributed by atoms with van der Waals surface area (Å²) in [5.41, 5.74) is -2.47. The quantitative estimate of drug-likeness (QED) is 0.0386. The molecule has 7 atom stereocenters. The molecule has 2 aromatic carbocycles. The van der Waals surface area contributed by atoms with Crippen LogP contribution in [0.5, 0.6) is 23.0 Å². The Kier molecular flexibility index (Phi) is 58.0. The first kappa shape index (κ1) is 114. The van der Waals surface area contributed by atoms with Gasteiger partial charge in [0.2, 0.25) is 59.1 Å². The molecule has 0 unspecified atom stereocenters. The number of nitrogens with one attached hydrogen (secondary N) is 10. The molecule has 40 heteroatoms. The van der Waals surface area contributed by atoms with E-state index in [-0.39, 0.29) is 185 Å². The molecule has 0 radical (unpaired) electrons. The Morgan fingerprint density at radius 3 is 0.800 bits per heavy atom. The highest BCUT2D eigenvalue weighted by Crippen LogP contribution is 2.31. The van der Waals surface area contributed by atoms with Crippen molar-refractivity contribution in [3.8, 4) is 23.0 Å². The average Bonchev–Trinajstić information content (AvgIpc) is 0.834. The molecule has 2 aliphatic heterocycles. The zero-order valence-corrected chi connectivity index (χ0v) is 78.0. The smallest absolute Gasteiger partial charge is 0.243 e. The lowest BCUT2D eigenvalue weighted by Crippen LogP contribution is -2.61. The number of carbonyl (C=O) groups excluding carboxylic acids is 10. The van der Waals surface area contributed by atoms with Crippen molar-refractivity contribution in [2.75, 3.05) is 205 Å². The number of aliphatic hydroxyl groups is 6. The van der Waals surface area contributed by atoms with Crippen LogP contribution in [-0.2, 0) is 108 Å². The van der Waals surface area contributed by atoms with E-state index in [9.17, 15) is 54.6 Å².